The van der Waals surface area contributed by atoms with Gasteiger partial charge in [0, 0.05) is 17.0 Å². The van der Waals surface area contributed by atoms with Crippen LogP contribution < -0.4 is 14.4 Å². The Hall–Kier alpha value is -3.03. The largest absolute Gasteiger partial charge is 0.487 e. The number of ether oxygens (including phenoxy) is 1. The zero-order valence-corrected chi connectivity index (χ0v) is 22.3. The Labute approximate surface area is 218 Å². The normalized spacial score (nSPS) is 16.5. The average Bonchev–Trinajstić information content (AvgIpc) is 2.88. The molecular weight excluding hydrogens is 496 g/mol. The van der Waals surface area contributed by atoms with Crippen molar-refractivity contribution < 1.29 is 17.9 Å². The van der Waals surface area contributed by atoms with E-state index in [0.717, 1.165) is 34.0 Å². The first kappa shape index (κ1) is 26.0. The quantitative estimate of drug-likeness (QED) is 0.388. The fraction of sp³-hybridized carbons (Fsp3) is 0.321. The van der Waals surface area contributed by atoms with E-state index in [-0.39, 0.29) is 17.5 Å². The standard InChI is InChI=1S/C28H31ClN2O4S/c1-4-28(5-2)18-25(24-8-6-7-9-26(24)35-28)30-27(32)19-31(22-14-12-21(29)13-15-22)36(33,34)23-16-10-20(3)11-17-23/h6-17,25H,4-5,18-19H2,1-3H3,(H,30,32). The zero-order chi connectivity index (χ0) is 25.9. The number of nitrogens with one attached hydrogen (secondary N) is 1. The Kier molecular flexibility index (Phi) is 7.62. The van der Waals surface area contributed by atoms with Gasteiger partial charge in [0.15, 0.2) is 0 Å². The van der Waals surface area contributed by atoms with Gasteiger partial charge in [0.1, 0.15) is 17.9 Å². The number of fused-ring (bicyclic) bond motifs is 1. The number of aryl methyl sites for hydroxylation is 1. The van der Waals surface area contributed by atoms with Crippen LogP contribution in [0.3, 0.4) is 0 Å². The first-order chi connectivity index (χ1) is 17.2. The molecule has 0 bridgehead atoms. The molecule has 0 spiro atoms. The van der Waals surface area contributed by atoms with Crippen molar-refractivity contribution in [3.05, 3.63) is 88.9 Å². The summed E-state index contributed by atoms with van der Waals surface area (Å²) < 4.78 is 34.8. The summed E-state index contributed by atoms with van der Waals surface area (Å²) in [5, 5.41) is 3.57. The van der Waals surface area contributed by atoms with Crippen LogP contribution in [0.2, 0.25) is 5.02 Å². The summed E-state index contributed by atoms with van der Waals surface area (Å²) in [5.74, 6) is 0.350. The molecule has 3 aromatic rings. The molecule has 1 unspecified atom stereocenters. The minimum atomic E-state index is -4.01. The minimum absolute atomic E-state index is 0.114. The van der Waals surface area contributed by atoms with Crippen LogP contribution >= 0.6 is 11.6 Å². The number of amides is 1. The number of carbonyl (C=O) groups is 1. The van der Waals surface area contributed by atoms with Gasteiger partial charge >= 0.3 is 0 Å². The molecule has 1 aliphatic rings. The molecule has 0 radical (unpaired) electrons. The number of carbonyl (C=O) groups excluding carboxylic acids is 1. The van der Waals surface area contributed by atoms with Crippen LogP contribution in [-0.4, -0.2) is 26.5 Å². The van der Waals surface area contributed by atoms with Gasteiger partial charge in [-0.15, -0.1) is 0 Å². The smallest absolute Gasteiger partial charge is 0.264 e. The second-order valence-corrected chi connectivity index (χ2v) is 11.5. The predicted molar refractivity (Wildman–Crippen MR) is 143 cm³/mol. The summed E-state index contributed by atoms with van der Waals surface area (Å²) in [6, 6.07) is 20.4. The van der Waals surface area contributed by atoms with Crippen molar-refractivity contribution in [3.8, 4) is 5.75 Å². The van der Waals surface area contributed by atoms with E-state index in [9.17, 15) is 13.2 Å². The van der Waals surface area contributed by atoms with E-state index in [1.807, 2.05) is 31.2 Å². The molecule has 6 nitrogen and oxygen atoms in total. The van der Waals surface area contributed by atoms with Crippen molar-refractivity contribution in [3.63, 3.8) is 0 Å². The zero-order valence-electron chi connectivity index (χ0n) is 20.7. The van der Waals surface area contributed by atoms with Gasteiger partial charge < -0.3 is 10.1 Å². The fourth-order valence-electron chi connectivity index (χ4n) is 4.56. The highest BCUT2D eigenvalue weighted by Crippen LogP contribution is 2.42. The van der Waals surface area contributed by atoms with Crippen molar-refractivity contribution in [1.29, 1.82) is 0 Å². The Morgan fingerprint density at radius 1 is 1.03 bits per heavy atom. The molecule has 36 heavy (non-hydrogen) atoms. The van der Waals surface area contributed by atoms with Gasteiger partial charge in [0.2, 0.25) is 5.91 Å². The second-order valence-electron chi connectivity index (χ2n) is 9.16. The highest BCUT2D eigenvalue weighted by Gasteiger charge is 2.39. The van der Waals surface area contributed by atoms with E-state index in [0.29, 0.717) is 17.1 Å². The van der Waals surface area contributed by atoms with Crippen LogP contribution in [0.4, 0.5) is 5.69 Å². The molecule has 1 amide bonds. The van der Waals surface area contributed by atoms with Crippen molar-refractivity contribution >= 4 is 33.2 Å². The van der Waals surface area contributed by atoms with E-state index in [2.05, 4.69) is 19.2 Å². The lowest BCUT2D eigenvalue weighted by Gasteiger charge is -2.41. The molecule has 0 saturated heterocycles. The Balaban J connectivity index is 1.65. The van der Waals surface area contributed by atoms with Gasteiger partial charge in [-0.25, -0.2) is 8.42 Å². The monoisotopic (exact) mass is 526 g/mol. The summed E-state index contributed by atoms with van der Waals surface area (Å²) in [6.45, 7) is 5.67. The molecule has 1 atom stereocenters. The van der Waals surface area contributed by atoms with Crippen molar-refractivity contribution in [2.45, 2.75) is 56.6 Å². The molecule has 1 aliphatic heterocycles. The summed E-state index contributed by atoms with van der Waals surface area (Å²) >= 11 is 6.04. The van der Waals surface area contributed by atoms with E-state index in [1.165, 1.54) is 0 Å². The lowest BCUT2D eigenvalue weighted by molar-refractivity contribution is -0.121. The molecule has 0 aliphatic carbocycles. The first-order valence-corrected chi connectivity index (χ1v) is 13.9. The number of para-hydroxylation sites is 1. The van der Waals surface area contributed by atoms with Crippen LogP contribution in [-0.2, 0) is 14.8 Å². The third-order valence-electron chi connectivity index (χ3n) is 6.83. The summed E-state index contributed by atoms with van der Waals surface area (Å²) in [6.07, 6.45) is 2.19. The molecule has 0 aromatic heterocycles. The highest BCUT2D eigenvalue weighted by molar-refractivity contribution is 7.92. The molecule has 3 aromatic carbocycles. The SMILES string of the molecule is CCC1(CC)CC(NC(=O)CN(c2ccc(Cl)cc2)S(=O)(=O)c2ccc(C)cc2)c2ccccc2O1. The average molecular weight is 527 g/mol. The molecule has 0 saturated carbocycles. The van der Waals surface area contributed by atoms with E-state index >= 15 is 0 Å². The lowest BCUT2D eigenvalue weighted by atomic mass is 9.83. The Bertz CT molecular complexity index is 1320. The lowest BCUT2D eigenvalue weighted by Crippen LogP contribution is -2.47. The number of hydrogen-bond donors (Lipinski definition) is 1. The highest BCUT2D eigenvalue weighted by atomic mass is 35.5. The maximum atomic E-state index is 13.6. The molecular formula is C28H31ClN2O4S. The molecule has 8 heteroatoms. The van der Waals surface area contributed by atoms with Gasteiger partial charge in [-0.05, 0) is 62.2 Å². The van der Waals surface area contributed by atoms with Gasteiger partial charge in [-0.2, -0.15) is 0 Å². The maximum absolute atomic E-state index is 13.6. The predicted octanol–water partition coefficient (Wildman–Crippen LogP) is 6.04. The fourth-order valence-corrected chi connectivity index (χ4v) is 6.11. The summed E-state index contributed by atoms with van der Waals surface area (Å²) in [7, 11) is -4.01. The number of nitrogens with zero attached hydrogens (tertiary/aromatic N) is 1. The summed E-state index contributed by atoms with van der Waals surface area (Å²) in [5.41, 5.74) is 1.80. The molecule has 0 fully saturated rings. The van der Waals surface area contributed by atoms with E-state index in [1.54, 1.807) is 48.5 Å². The van der Waals surface area contributed by atoms with E-state index < -0.39 is 21.5 Å². The van der Waals surface area contributed by atoms with Crippen LogP contribution in [0.15, 0.2) is 77.7 Å². The van der Waals surface area contributed by atoms with E-state index in [4.69, 9.17) is 16.3 Å². The van der Waals surface area contributed by atoms with Crippen molar-refractivity contribution in [2.24, 2.45) is 0 Å². The molecule has 190 valence electrons. The van der Waals surface area contributed by atoms with Crippen molar-refractivity contribution in [2.75, 3.05) is 10.8 Å². The maximum Gasteiger partial charge on any atom is 0.264 e. The van der Waals surface area contributed by atoms with Crippen LogP contribution in [0, 0.1) is 6.92 Å². The number of sulfonamides is 1. The molecule has 4 rings (SSSR count). The molecule has 1 heterocycles. The Morgan fingerprint density at radius 2 is 1.67 bits per heavy atom. The van der Waals surface area contributed by atoms with Gasteiger partial charge in [-0.1, -0.05) is 61.3 Å². The summed E-state index contributed by atoms with van der Waals surface area (Å²) in [4.78, 5) is 13.5. The van der Waals surface area contributed by atoms with Crippen molar-refractivity contribution in [1.82, 2.24) is 5.32 Å². The van der Waals surface area contributed by atoms with Gasteiger partial charge in [0.05, 0.1) is 16.6 Å². The van der Waals surface area contributed by atoms with Gasteiger partial charge in [-0.3, -0.25) is 9.10 Å². The van der Waals surface area contributed by atoms with Crippen LogP contribution in [0.1, 0.15) is 50.3 Å². The van der Waals surface area contributed by atoms with Gasteiger partial charge in [0.25, 0.3) is 10.0 Å². The first-order valence-electron chi connectivity index (χ1n) is 12.1. The number of anilines is 1. The second kappa shape index (κ2) is 10.5. The molecule has 1 N–H and O–H groups in total. The topological polar surface area (TPSA) is 75.7 Å². The van der Waals surface area contributed by atoms with Crippen LogP contribution in [0.25, 0.3) is 0 Å². The number of benzene rings is 3. The number of halogens is 1. The Morgan fingerprint density at radius 3 is 2.31 bits per heavy atom. The minimum Gasteiger partial charge on any atom is -0.487 e. The third kappa shape index (κ3) is 5.37. The third-order valence-corrected chi connectivity index (χ3v) is 8.87. The number of hydrogen-bond acceptors (Lipinski definition) is 4. The van der Waals surface area contributed by atoms with Crippen LogP contribution in [0.5, 0.6) is 5.75 Å². The number of rotatable bonds is 8.